The Morgan fingerprint density at radius 3 is 1.38 bits per heavy atom. The second-order valence-corrected chi connectivity index (χ2v) is 2.15. The van der Waals surface area contributed by atoms with Gasteiger partial charge in [0.1, 0.15) is 0 Å². The first-order valence-electron chi connectivity index (χ1n) is 1.58. The van der Waals surface area contributed by atoms with E-state index in [0.717, 1.165) is 0 Å². The monoisotopic (exact) mass is 174 g/mol. The molecule has 0 aromatic carbocycles. The summed E-state index contributed by atoms with van der Waals surface area (Å²) in [5, 5.41) is -3.31. The maximum Gasteiger partial charge on any atom is 0.248 e. The summed E-state index contributed by atoms with van der Waals surface area (Å²) in [6.45, 7) is 0. The van der Waals surface area contributed by atoms with Gasteiger partial charge in [-0.1, -0.05) is 0 Å². The predicted molar refractivity (Wildman–Crippen MR) is 31.4 cm³/mol. The van der Waals surface area contributed by atoms with Crippen LogP contribution in [-0.2, 0) is 9.59 Å². The smallest absolute Gasteiger partial charge is 0.248 e. The van der Waals surface area contributed by atoms with E-state index in [1.807, 2.05) is 0 Å². The Hall–Kier alpha value is 0.210. The maximum absolute atomic E-state index is 9.91. The number of hydrogen-bond acceptors (Lipinski definition) is 2. The lowest BCUT2D eigenvalue weighted by molar-refractivity contribution is -0.118. The minimum atomic E-state index is -1.40. The summed E-state index contributed by atoms with van der Waals surface area (Å²) in [6, 6.07) is 0. The van der Waals surface area contributed by atoms with Gasteiger partial charge in [-0.25, -0.2) is 0 Å². The standard InChI is InChI=1S/C3HCl3O2/c4-1(2(5)7)3(6)8/h1H. The van der Waals surface area contributed by atoms with Crippen molar-refractivity contribution in [3.63, 3.8) is 0 Å². The van der Waals surface area contributed by atoms with Crippen LogP contribution in [0.15, 0.2) is 0 Å². The van der Waals surface area contributed by atoms with E-state index >= 15 is 0 Å². The van der Waals surface area contributed by atoms with E-state index in [1.165, 1.54) is 0 Å². The first-order chi connectivity index (χ1) is 3.55. The Balaban J connectivity index is 3.83. The summed E-state index contributed by atoms with van der Waals surface area (Å²) in [6.07, 6.45) is 0. The molecule has 0 fully saturated rings. The fourth-order valence-electron chi connectivity index (χ4n) is 0.0892. The highest BCUT2D eigenvalue weighted by atomic mass is 35.5. The largest absolute Gasteiger partial charge is 0.279 e. The fourth-order valence-corrected chi connectivity index (χ4v) is 0.343. The van der Waals surface area contributed by atoms with Gasteiger partial charge in [-0.3, -0.25) is 9.59 Å². The van der Waals surface area contributed by atoms with Gasteiger partial charge >= 0.3 is 0 Å². The molecule has 2 nitrogen and oxygen atoms in total. The molecule has 46 valence electrons. The zero-order valence-electron chi connectivity index (χ0n) is 3.53. The van der Waals surface area contributed by atoms with Gasteiger partial charge in [-0.2, -0.15) is 0 Å². The van der Waals surface area contributed by atoms with Crippen LogP contribution in [0.4, 0.5) is 0 Å². The molecule has 0 bridgehead atoms. The third kappa shape index (κ3) is 2.50. The molecule has 5 heteroatoms. The molecule has 0 atom stereocenters. The van der Waals surface area contributed by atoms with Crippen molar-refractivity contribution in [1.82, 2.24) is 0 Å². The molecular weight excluding hydrogens is 174 g/mol. The van der Waals surface area contributed by atoms with Gasteiger partial charge in [0.15, 0.2) is 5.38 Å². The number of carbonyl (C=O) groups is 2. The molecule has 0 radical (unpaired) electrons. The molecule has 8 heavy (non-hydrogen) atoms. The highest BCUT2D eigenvalue weighted by Gasteiger charge is 2.18. The average Bonchev–Trinajstić information content (AvgIpc) is 1.64. The molecule has 0 spiro atoms. The van der Waals surface area contributed by atoms with E-state index in [9.17, 15) is 9.59 Å². The third-order valence-corrected chi connectivity index (χ3v) is 1.45. The summed E-state index contributed by atoms with van der Waals surface area (Å²) in [5.41, 5.74) is 0. The maximum atomic E-state index is 9.91. The van der Waals surface area contributed by atoms with E-state index in [1.54, 1.807) is 0 Å². The van der Waals surface area contributed by atoms with Crippen LogP contribution in [0.2, 0.25) is 0 Å². The fraction of sp³-hybridized carbons (Fsp3) is 0.333. The highest BCUT2D eigenvalue weighted by molar-refractivity contribution is 6.80. The molecule has 0 unspecified atom stereocenters. The van der Waals surface area contributed by atoms with Crippen LogP contribution in [0, 0.1) is 0 Å². The van der Waals surface area contributed by atoms with E-state index in [0.29, 0.717) is 0 Å². The minimum Gasteiger partial charge on any atom is -0.279 e. The van der Waals surface area contributed by atoms with E-state index in [-0.39, 0.29) is 0 Å². The van der Waals surface area contributed by atoms with E-state index in [2.05, 4.69) is 0 Å². The molecule has 0 aromatic rings. The number of carbonyl (C=O) groups excluding carboxylic acids is 2. The Kier molecular flexibility index (Phi) is 3.36. The van der Waals surface area contributed by atoms with Crippen molar-refractivity contribution in [3.05, 3.63) is 0 Å². The second-order valence-electron chi connectivity index (χ2n) is 0.971. The molecular formula is C3HCl3O2. The molecule has 0 rings (SSSR count). The van der Waals surface area contributed by atoms with Gasteiger partial charge < -0.3 is 0 Å². The molecule has 0 amide bonds. The molecule has 0 aliphatic rings. The molecule has 0 N–H and O–H groups in total. The van der Waals surface area contributed by atoms with E-state index < -0.39 is 15.9 Å². The molecule has 0 saturated carbocycles. The van der Waals surface area contributed by atoms with Crippen LogP contribution in [0.3, 0.4) is 0 Å². The van der Waals surface area contributed by atoms with Crippen molar-refractivity contribution in [2.24, 2.45) is 0 Å². The SMILES string of the molecule is O=C(Cl)C(Cl)C(=O)Cl. The highest BCUT2D eigenvalue weighted by Crippen LogP contribution is 2.04. The van der Waals surface area contributed by atoms with Crippen LogP contribution in [-0.4, -0.2) is 15.9 Å². The summed E-state index contributed by atoms with van der Waals surface area (Å²) in [4.78, 5) is 19.8. The Labute approximate surface area is 60.7 Å². The summed E-state index contributed by atoms with van der Waals surface area (Å²) >= 11 is 14.5. The Morgan fingerprint density at radius 1 is 1.12 bits per heavy atom. The van der Waals surface area contributed by atoms with Crippen molar-refractivity contribution < 1.29 is 9.59 Å². The van der Waals surface area contributed by atoms with Gasteiger partial charge in [-0.05, 0) is 23.2 Å². The number of rotatable bonds is 2. The Bertz CT molecular complexity index is 108. The van der Waals surface area contributed by atoms with Crippen molar-refractivity contribution >= 4 is 45.3 Å². The van der Waals surface area contributed by atoms with Gasteiger partial charge in [0.2, 0.25) is 10.5 Å². The van der Waals surface area contributed by atoms with Crippen LogP contribution in [0.5, 0.6) is 0 Å². The first kappa shape index (κ1) is 8.21. The topological polar surface area (TPSA) is 34.1 Å². The third-order valence-electron chi connectivity index (χ3n) is 0.399. The average molecular weight is 175 g/mol. The molecule has 0 saturated heterocycles. The Morgan fingerprint density at radius 2 is 1.38 bits per heavy atom. The van der Waals surface area contributed by atoms with Crippen LogP contribution >= 0.6 is 34.8 Å². The van der Waals surface area contributed by atoms with Crippen molar-refractivity contribution in [2.75, 3.05) is 0 Å². The first-order valence-corrected chi connectivity index (χ1v) is 2.77. The van der Waals surface area contributed by atoms with Crippen molar-refractivity contribution in [2.45, 2.75) is 5.38 Å². The lowest BCUT2D eigenvalue weighted by Gasteiger charge is -1.90. The number of hydrogen-bond donors (Lipinski definition) is 0. The molecule has 0 heterocycles. The van der Waals surface area contributed by atoms with Gasteiger partial charge in [0.25, 0.3) is 0 Å². The van der Waals surface area contributed by atoms with Crippen LogP contribution in [0.25, 0.3) is 0 Å². The van der Waals surface area contributed by atoms with Gasteiger partial charge in [-0.15, -0.1) is 11.6 Å². The van der Waals surface area contributed by atoms with Gasteiger partial charge in [0, 0.05) is 0 Å². The van der Waals surface area contributed by atoms with Crippen LogP contribution in [0.1, 0.15) is 0 Å². The number of halogens is 3. The normalized spacial score (nSPS) is 9.50. The summed E-state index contributed by atoms with van der Waals surface area (Å²) < 4.78 is 0. The van der Waals surface area contributed by atoms with Crippen molar-refractivity contribution in [3.8, 4) is 0 Å². The lowest BCUT2D eigenvalue weighted by Crippen LogP contribution is -2.14. The number of alkyl halides is 1. The minimum absolute atomic E-state index is 0.952. The van der Waals surface area contributed by atoms with Crippen LogP contribution < -0.4 is 0 Å². The lowest BCUT2D eigenvalue weighted by atomic mass is 10.5. The summed E-state index contributed by atoms with van der Waals surface area (Å²) in [5.74, 6) is 0. The van der Waals surface area contributed by atoms with Gasteiger partial charge in [0.05, 0.1) is 0 Å². The van der Waals surface area contributed by atoms with Crippen molar-refractivity contribution in [1.29, 1.82) is 0 Å². The second kappa shape index (κ2) is 3.28. The zero-order valence-corrected chi connectivity index (χ0v) is 5.80. The van der Waals surface area contributed by atoms with E-state index in [4.69, 9.17) is 34.8 Å². The molecule has 0 aliphatic carbocycles. The quantitative estimate of drug-likeness (QED) is 0.358. The summed E-state index contributed by atoms with van der Waals surface area (Å²) in [7, 11) is 0. The predicted octanol–water partition coefficient (Wildman–Crippen LogP) is 1.12. The molecule has 0 aliphatic heterocycles. The molecule has 0 aromatic heterocycles. The zero-order chi connectivity index (χ0) is 6.73.